The van der Waals surface area contributed by atoms with Crippen LogP contribution in [0.25, 0.3) is 11.1 Å². The first kappa shape index (κ1) is 11.5. The highest BCUT2D eigenvalue weighted by molar-refractivity contribution is 5.76. The van der Waals surface area contributed by atoms with Gasteiger partial charge in [-0.05, 0) is 23.6 Å². The maximum atomic E-state index is 5.91. The second-order valence-electron chi connectivity index (χ2n) is 4.28. The molecule has 1 aromatic heterocycles. The van der Waals surface area contributed by atoms with E-state index in [-0.39, 0.29) is 0 Å². The Morgan fingerprint density at radius 1 is 1.24 bits per heavy atom. The number of anilines is 1. The van der Waals surface area contributed by atoms with Crippen molar-refractivity contribution in [3.8, 4) is 16.9 Å². The maximum absolute atomic E-state index is 5.91. The number of ether oxygens (including phenoxy) is 1. The molecular formula is C13H17N3O. The molecule has 0 fully saturated rings. The van der Waals surface area contributed by atoms with E-state index in [1.165, 1.54) is 0 Å². The van der Waals surface area contributed by atoms with Gasteiger partial charge in [0.2, 0.25) is 0 Å². The van der Waals surface area contributed by atoms with Gasteiger partial charge in [0.15, 0.2) is 5.82 Å². The lowest BCUT2D eigenvalue weighted by atomic mass is 9.99. The van der Waals surface area contributed by atoms with Gasteiger partial charge in [-0.1, -0.05) is 26.0 Å². The van der Waals surface area contributed by atoms with E-state index in [9.17, 15) is 0 Å². The molecule has 0 aliphatic carbocycles. The van der Waals surface area contributed by atoms with Crippen molar-refractivity contribution in [1.29, 1.82) is 0 Å². The van der Waals surface area contributed by atoms with Crippen LogP contribution in [0.15, 0.2) is 24.3 Å². The minimum Gasteiger partial charge on any atom is -0.497 e. The summed E-state index contributed by atoms with van der Waals surface area (Å²) in [5.74, 6) is 1.73. The number of H-pyrrole nitrogens is 1. The Morgan fingerprint density at radius 3 is 2.41 bits per heavy atom. The number of benzene rings is 1. The number of methoxy groups -OCH3 is 1. The second-order valence-corrected chi connectivity index (χ2v) is 4.28. The number of rotatable bonds is 3. The van der Waals surface area contributed by atoms with E-state index in [4.69, 9.17) is 10.5 Å². The molecule has 0 aliphatic rings. The van der Waals surface area contributed by atoms with Gasteiger partial charge in [0.1, 0.15) is 5.75 Å². The fraction of sp³-hybridized carbons (Fsp3) is 0.308. The summed E-state index contributed by atoms with van der Waals surface area (Å²) in [5.41, 5.74) is 9.02. The molecule has 0 bridgehead atoms. The number of nitrogens with one attached hydrogen (secondary N) is 1. The third-order valence-electron chi connectivity index (χ3n) is 2.78. The summed E-state index contributed by atoms with van der Waals surface area (Å²) in [4.78, 5) is 0. The van der Waals surface area contributed by atoms with Crippen molar-refractivity contribution >= 4 is 5.82 Å². The van der Waals surface area contributed by atoms with E-state index in [1.54, 1.807) is 7.11 Å². The topological polar surface area (TPSA) is 63.9 Å². The zero-order valence-electron chi connectivity index (χ0n) is 10.3. The van der Waals surface area contributed by atoms with Gasteiger partial charge in [0, 0.05) is 11.3 Å². The molecule has 4 nitrogen and oxygen atoms in total. The maximum Gasteiger partial charge on any atom is 0.153 e. The molecule has 0 aliphatic heterocycles. The van der Waals surface area contributed by atoms with Gasteiger partial charge in [-0.2, -0.15) is 5.10 Å². The third kappa shape index (κ3) is 2.11. The molecule has 0 spiro atoms. The van der Waals surface area contributed by atoms with Crippen LogP contribution < -0.4 is 10.5 Å². The molecule has 3 N–H and O–H groups in total. The number of nitrogen functional groups attached to an aromatic ring is 1. The fourth-order valence-corrected chi connectivity index (χ4v) is 1.85. The summed E-state index contributed by atoms with van der Waals surface area (Å²) < 4.78 is 5.14. The van der Waals surface area contributed by atoms with E-state index < -0.39 is 0 Å². The summed E-state index contributed by atoms with van der Waals surface area (Å²) in [5, 5.41) is 7.07. The average Bonchev–Trinajstić information content (AvgIpc) is 2.71. The second kappa shape index (κ2) is 4.49. The van der Waals surface area contributed by atoms with Crippen LogP contribution in [0.2, 0.25) is 0 Å². The lowest BCUT2D eigenvalue weighted by Gasteiger charge is -2.08. The Bertz CT molecular complexity index is 500. The van der Waals surface area contributed by atoms with E-state index in [2.05, 4.69) is 24.0 Å². The van der Waals surface area contributed by atoms with Crippen molar-refractivity contribution < 1.29 is 4.74 Å². The van der Waals surface area contributed by atoms with Crippen LogP contribution in [0.4, 0.5) is 5.82 Å². The fourth-order valence-electron chi connectivity index (χ4n) is 1.85. The molecule has 0 amide bonds. The van der Waals surface area contributed by atoms with Crippen molar-refractivity contribution in [2.45, 2.75) is 19.8 Å². The largest absolute Gasteiger partial charge is 0.497 e. The Balaban J connectivity index is 2.48. The Hall–Kier alpha value is -1.97. The summed E-state index contributed by atoms with van der Waals surface area (Å²) in [6, 6.07) is 7.83. The van der Waals surface area contributed by atoms with Gasteiger partial charge in [0.25, 0.3) is 0 Å². The minimum absolute atomic E-state index is 0.358. The van der Waals surface area contributed by atoms with Gasteiger partial charge in [-0.15, -0.1) is 0 Å². The molecular weight excluding hydrogens is 214 g/mol. The van der Waals surface area contributed by atoms with Crippen LogP contribution in [0.1, 0.15) is 25.5 Å². The summed E-state index contributed by atoms with van der Waals surface area (Å²) in [7, 11) is 1.65. The molecule has 2 rings (SSSR count). The molecule has 90 valence electrons. The molecule has 0 saturated heterocycles. The van der Waals surface area contributed by atoms with Gasteiger partial charge in [-0.25, -0.2) is 0 Å². The molecule has 0 unspecified atom stereocenters. The first-order valence-electron chi connectivity index (χ1n) is 5.61. The molecule has 0 radical (unpaired) electrons. The van der Waals surface area contributed by atoms with Crippen molar-refractivity contribution in [2.75, 3.05) is 12.8 Å². The quantitative estimate of drug-likeness (QED) is 0.853. The SMILES string of the molecule is COc1ccc(-c2c(N)n[nH]c2C(C)C)cc1. The predicted molar refractivity (Wildman–Crippen MR) is 69.1 cm³/mol. The van der Waals surface area contributed by atoms with Crippen LogP contribution in [0.3, 0.4) is 0 Å². The van der Waals surface area contributed by atoms with Gasteiger partial charge in [-0.3, -0.25) is 5.10 Å². The smallest absolute Gasteiger partial charge is 0.153 e. The number of nitrogens with two attached hydrogens (primary N) is 1. The number of nitrogens with zero attached hydrogens (tertiary/aromatic N) is 1. The van der Waals surface area contributed by atoms with E-state index in [0.717, 1.165) is 22.6 Å². The first-order chi connectivity index (χ1) is 8.13. The minimum atomic E-state index is 0.358. The monoisotopic (exact) mass is 231 g/mol. The number of hydrogen-bond donors (Lipinski definition) is 2. The Labute approximate surface area is 101 Å². The lowest BCUT2D eigenvalue weighted by molar-refractivity contribution is 0.415. The van der Waals surface area contributed by atoms with Crippen LogP contribution in [-0.4, -0.2) is 17.3 Å². The molecule has 1 heterocycles. The van der Waals surface area contributed by atoms with Crippen LogP contribution >= 0.6 is 0 Å². The zero-order chi connectivity index (χ0) is 12.4. The molecule has 1 aromatic carbocycles. The standard InChI is InChI=1S/C13H17N3O/c1-8(2)12-11(13(14)16-15-12)9-4-6-10(17-3)7-5-9/h4-8H,1-3H3,(H3,14,15,16). The molecule has 2 aromatic rings. The van der Waals surface area contributed by atoms with Crippen molar-refractivity contribution in [2.24, 2.45) is 0 Å². The number of aromatic amines is 1. The predicted octanol–water partition coefficient (Wildman–Crippen LogP) is 2.79. The highest BCUT2D eigenvalue weighted by Gasteiger charge is 2.15. The molecule has 0 atom stereocenters. The average molecular weight is 231 g/mol. The van der Waals surface area contributed by atoms with Gasteiger partial charge >= 0.3 is 0 Å². The van der Waals surface area contributed by atoms with Crippen molar-refractivity contribution in [3.63, 3.8) is 0 Å². The summed E-state index contributed by atoms with van der Waals surface area (Å²) in [6.07, 6.45) is 0. The highest BCUT2D eigenvalue weighted by atomic mass is 16.5. The molecule has 17 heavy (non-hydrogen) atoms. The normalized spacial score (nSPS) is 10.8. The number of aromatic nitrogens is 2. The van der Waals surface area contributed by atoms with E-state index >= 15 is 0 Å². The Morgan fingerprint density at radius 2 is 1.88 bits per heavy atom. The highest BCUT2D eigenvalue weighted by Crippen LogP contribution is 2.32. The van der Waals surface area contributed by atoms with E-state index in [1.807, 2.05) is 24.3 Å². The van der Waals surface area contributed by atoms with Crippen LogP contribution in [0, 0.1) is 0 Å². The van der Waals surface area contributed by atoms with Crippen molar-refractivity contribution in [3.05, 3.63) is 30.0 Å². The molecule has 4 heteroatoms. The van der Waals surface area contributed by atoms with Gasteiger partial charge < -0.3 is 10.5 Å². The first-order valence-corrected chi connectivity index (χ1v) is 5.61. The zero-order valence-corrected chi connectivity index (χ0v) is 10.3. The van der Waals surface area contributed by atoms with Crippen molar-refractivity contribution in [1.82, 2.24) is 10.2 Å². The van der Waals surface area contributed by atoms with Crippen LogP contribution in [0.5, 0.6) is 5.75 Å². The van der Waals surface area contributed by atoms with E-state index in [0.29, 0.717) is 11.7 Å². The number of hydrogen-bond acceptors (Lipinski definition) is 3. The third-order valence-corrected chi connectivity index (χ3v) is 2.78. The lowest BCUT2D eigenvalue weighted by Crippen LogP contribution is -1.93. The van der Waals surface area contributed by atoms with Gasteiger partial charge in [0.05, 0.1) is 7.11 Å². The summed E-state index contributed by atoms with van der Waals surface area (Å²) >= 11 is 0. The van der Waals surface area contributed by atoms with Crippen LogP contribution in [-0.2, 0) is 0 Å². The molecule has 0 saturated carbocycles. The Kier molecular flexibility index (Phi) is 3.04. The summed E-state index contributed by atoms with van der Waals surface area (Å²) in [6.45, 7) is 4.22.